The summed E-state index contributed by atoms with van der Waals surface area (Å²) in [5.74, 6) is 0.316. The maximum Gasteiger partial charge on any atom is 0.0372 e. The molecule has 0 saturated heterocycles. The van der Waals surface area contributed by atoms with Gasteiger partial charge in [-0.1, -0.05) is 84.9 Å². The van der Waals surface area contributed by atoms with Gasteiger partial charge in [0.15, 0.2) is 0 Å². The summed E-state index contributed by atoms with van der Waals surface area (Å²) < 4.78 is 0. The lowest BCUT2D eigenvalue weighted by atomic mass is 9.88. The monoisotopic (exact) mass is 456 g/mol. The van der Waals surface area contributed by atoms with Crippen LogP contribution in [-0.2, 0) is 0 Å². The van der Waals surface area contributed by atoms with Crippen LogP contribution in [0.1, 0.15) is 36.1 Å². The van der Waals surface area contributed by atoms with Gasteiger partial charge >= 0.3 is 0 Å². The molecule has 4 aromatic carbocycles. The predicted octanol–water partition coefficient (Wildman–Crippen LogP) is 8.41. The fourth-order valence-corrected chi connectivity index (χ4v) is 4.87. The highest BCUT2D eigenvalue weighted by Gasteiger charge is 2.23. The average molecular weight is 457 g/mol. The van der Waals surface area contributed by atoms with Crippen molar-refractivity contribution in [1.82, 2.24) is 4.98 Å². The van der Waals surface area contributed by atoms with E-state index in [1.54, 1.807) is 0 Å². The lowest BCUT2D eigenvalue weighted by Crippen LogP contribution is -2.34. The summed E-state index contributed by atoms with van der Waals surface area (Å²) in [6, 6.07) is 35.1. The maximum atomic E-state index is 4.61. The van der Waals surface area contributed by atoms with Crippen molar-refractivity contribution in [1.29, 1.82) is 0 Å². The molecule has 0 amide bonds. The lowest BCUT2D eigenvalue weighted by Gasteiger charge is -2.33. The van der Waals surface area contributed by atoms with Crippen LogP contribution >= 0.6 is 0 Å². The van der Waals surface area contributed by atoms with E-state index in [2.05, 4.69) is 139 Å². The van der Waals surface area contributed by atoms with Crippen molar-refractivity contribution in [2.75, 3.05) is 11.9 Å². The molecule has 0 N–H and O–H groups in total. The Labute approximate surface area is 208 Å². The first-order chi connectivity index (χ1) is 17.1. The number of nitrogens with zero attached hydrogens (tertiary/aromatic N) is 2. The van der Waals surface area contributed by atoms with Crippen molar-refractivity contribution in [2.45, 2.75) is 32.2 Å². The largest absolute Gasteiger partial charge is 0.371 e. The first-order valence-corrected chi connectivity index (χ1v) is 12.4. The van der Waals surface area contributed by atoms with Gasteiger partial charge < -0.3 is 4.90 Å². The molecule has 0 bridgehead atoms. The molecule has 0 aliphatic rings. The van der Waals surface area contributed by atoms with Gasteiger partial charge in [0, 0.05) is 36.6 Å². The number of anilines is 1. The van der Waals surface area contributed by atoms with Gasteiger partial charge in [-0.25, -0.2) is 0 Å². The molecule has 2 heteroatoms. The van der Waals surface area contributed by atoms with Crippen molar-refractivity contribution in [3.8, 4) is 0 Å². The smallest absolute Gasteiger partial charge is 0.0372 e. The molecule has 5 aromatic rings. The molecule has 174 valence electrons. The molecule has 0 aliphatic carbocycles. The average Bonchev–Trinajstić information content (AvgIpc) is 2.90. The molecule has 0 spiro atoms. The van der Waals surface area contributed by atoms with E-state index in [9.17, 15) is 0 Å². The zero-order valence-corrected chi connectivity index (χ0v) is 20.7. The van der Waals surface area contributed by atoms with Crippen LogP contribution < -0.4 is 4.90 Å². The summed E-state index contributed by atoms with van der Waals surface area (Å²) in [6.07, 6.45) is 7.56. The van der Waals surface area contributed by atoms with Crippen LogP contribution in [0.2, 0.25) is 0 Å². The number of aromatic nitrogens is 1. The quantitative estimate of drug-likeness (QED) is 0.244. The van der Waals surface area contributed by atoms with Gasteiger partial charge in [-0.15, -0.1) is 0 Å². The third kappa shape index (κ3) is 5.12. The van der Waals surface area contributed by atoms with Gasteiger partial charge in [0.1, 0.15) is 0 Å². The highest BCUT2D eigenvalue weighted by atomic mass is 15.1. The molecule has 0 fully saturated rings. The molecule has 0 aliphatic heterocycles. The van der Waals surface area contributed by atoms with E-state index in [4.69, 9.17) is 0 Å². The van der Waals surface area contributed by atoms with Crippen molar-refractivity contribution in [2.24, 2.45) is 0 Å². The topological polar surface area (TPSA) is 16.1 Å². The number of hydrogen-bond donors (Lipinski definition) is 0. The van der Waals surface area contributed by atoms with E-state index in [0.29, 0.717) is 12.0 Å². The Morgan fingerprint density at radius 3 is 2.11 bits per heavy atom. The number of hydrogen-bond acceptors (Lipinski definition) is 2. The Morgan fingerprint density at radius 2 is 1.43 bits per heavy atom. The van der Waals surface area contributed by atoms with E-state index in [-0.39, 0.29) is 0 Å². The maximum absolute atomic E-state index is 4.61. The number of benzene rings is 4. The van der Waals surface area contributed by atoms with Crippen molar-refractivity contribution in [3.05, 3.63) is 126 Å². The van der Waals surface area contributed by atoms with Gasteiger partial charge in [0.05, 0.1) is 0 Å². The lowest BCUT2D eigenvalue weighted by molar-refractivity contribution is 0.546. The minimum Gasteiger partial charge on any atom is -0.371 e. The van der Waals surface area contributed by atoms with E-state index in [1.807, 2.05) is 6.92 Å². The Bertz CT molecular complexity index is 1470. The summed E-state index contributed by atoms with van der Waals surface area (Å²) in [5, 5.41) is 5.10. The van der Waals surface area contributed by atoms with Gasteiger partial charge in [-0.05, 0) is 77.2 Å². The zero-order chi connectivity index (χ0) is 24.2. The number of fused-ring (bicyclic) bond motifs is 2. The standard InChI is InChI=1S/C33H32N2/c1-24-15-17-31(23-34-24)33(14-8-9-26-16-18-27-10-4-6-12-29(27)21-26)25(2)35(3)32-20-19-28-11-5-7-13-30(28)22-32/h4-13,15-23,25,33H,14H2,1-3H3/b9-8+. The van der Waals surface area contributed by atoms with Crippen molar-refractivity contribution < 1.29 is 0 Å². The molecule has 1 aromatic heterocycles. The Kier molecular flexibility index (Phi) is 6.63. The summed E-state index contributed by atoms with van der Waals surface area (Å²) in [4.78, 5) is 7.02. The summed E-state index contributed by atoms with van der Waals surface area (Å²) in [7, 11) is 2.20. The molecular formula is C33H32N2. The van der Waals surface area contributed by atoms with E-state index >= 15 is 0 Å². The number of allylic oxidation sites excluding steroid dienone is 1. The van der Waals surface area contributed by atoms with Gasteiger partial charge in [-0.2, -0.15) is 0 Å². The first kappa shape index (κ1) is 22.9. The SMILES string of the molecule is Cc1ccc(C(C/C=C/c2ccc3ccccc3c2)C(C)N(C)c2ccc3ccccc3c2)cn1. The second-order valence-electron chi connectivity index (χ2n) is 9.47. The van der Waals surface area contributed by atoms with Crippen molar-refractivity contribution >= 4 is 33.3 Å². The van der Waals surface area contributed by atoms with Crippen LogP contribution in [0, 0.1) is 6.92 Å². The summed E-state index contributed by atoms with van der Waals surface area (Å²) in [6.45, 7) is 4.37. The van der Waals surface area contributed by atoms with Crippen molar-refractivity contribution in [3.63, 3.8) is 0 Å². The highest BCUT2D eigenvalue weighted by molar-refractivity contribution is 5.86. The first-order valence-electron chi connectivity index (χ1n) is 12.4. The molecule has 2 unspecified atom stereocenters. The van der Waals surface area contributed by atoms with Crippen LogP contribution in [0.4, 0.5) is 5.69 Å². The number of pyridine rings is 1. The van der Waals surface area contributed by atoms with Gasteiger partial charge in [-0.3, -0.25) is 4.98 Å². The molecule has 0 saturated carbocycles. The van der Waals surface area contributed by atoms with Gasteiger partial charge in [0.2, 0.25) is 0 Å². The Hall–Kier alpha value is -3.91. The molecule has 2 nitrogen and oxygen atoms in total. The third-order valence-electron chi connectivity index (χ3n) is 7.17. The fourth-order valence-electron chi connectivity index (χ4n) is 4.87. The highest BCUT2D eigenvalue weighted by Crippen LogP contribution is 2.31. The minimum absolute atomic E-state index is 0.293. The second kappa shape index (κ2) is 10.1. The molecule has 2 atom stereocenters. The van der Waals surface area contributed by atoms with Gasteiger partial charge in [0.25, 0.3) is 0 Å². The summed E-state index contributed by atoms with van der Waals surface area (Å²) in [5.41, 5.74) is 4.80. The van der Waals surface area contributed by atoms with Crippen LogP contribution in [0.15, 0.2) is 109 Å². The molecule has 0 radical (unpaired) electrons. The number of rotatable bonds is 7. The molecule has 1 heterocycles. The number of aryl methyl sites for hydroxylation is 1. The Balaban J connectivity index is 1.41. The molecule has 5 rings (SSSR count). The van der Waals surface area contributed by atoms with Crippen LogP contribution in [0.25, 0.3) is 27.6 Å². The van der Waals surface area contributed by atoms with Crippen LogP contribution in [0.5, 0.6) is 0 Å². The summed E-state index contributed by atoms with van der Waals surface area (Å²) >= 11 is 0. The predicted molar refractivity (Wildman–Crippen MR) is 151 cm³/mol. The third-order valence-corrected chi connectivity index (χ3v) is 7.17. The normalized spacial score (nSPS) is 13.3. The molecular weight excluding hydrogens is 424 g/mol. The van der Waals surface area contributed by atoms with E-state index < -0.39 is 0 Å². The van der Waals surface area contributed by atoms with Crippen LogP contribution in [-0.4, -0.2) is 18.1 Å². The zero-order valence-electron chi connectivity index (χ0n) is 20.7. The number of likely N-dealkylation sites (N-methyl/N-ethyl adjacent to an activating group) is 1. The Morgan fingerprint density at radius 1 is 0.771 bits per heavy atom. The fraction of sp³-hybridized carbons (Fsp3) is 0.182. The van der Waals surface area contributed by atoms with Crippen LogP contribution in [0.3, 0.4) is 0 Å². The second-order valence-corrected chi connectivity index (χ2v) is 9.47. The van der Waals surface area contributed by atoms with E-state index in [0.717, 1.165) is 12.1 Å². The molecule has 35 heavy (non-hydrogen) atoms. The minimum atomic E-state index is 0.293. The van der Waals surface area contributed by atoms with E-state index in [1.165, 1.54) is 38.4 Å².